The smallest absolute Gasteiger partial charge is 0.355 e. The van der Waals surface area contributed by atoms with Gasteiger partial charge in [-0.15, -0.1) is 0 Å². The third-order valence-electron chi connectivity index (χ3n) is 4.25. The van der Waals surface area contributed by atoms with Crippen LogP contribution in [0.15, 0.2) is 48.8 Å². The molecule has 0 bridgehead atoms. The van der Waals surface area contributed by atoms with Crippen LogP contribution >= 0.6 is 0 Å². The van der Waals surface area contributed by atoms with Crippen LogP contribution < -0.4 is 25.6 Å². The van der Waals surface area contributed by atoms with Crippen LogP contribution in [0.4, 0.5) is 23.0 Å². The predicted molar refractivity (Wildman–Crippen MR) is 107 cm³/mol. The van der Waals surface area contributed by atoms with Gasteiger partial charge in [-0.05, 0) is 31.2 Å². The number of rotatable bonds is 6. The Labute approximate surface area is 170 Å². The van der Waals surface area contributed by atoms with E-state index in [1.165, 1.54) is 0 Å². The summed E-state index contributed by atoms with van der Waals surface area (Å²) in [5.41, 5.74) is 6.38. The van der Waals surface area contributed by atoms with Gasteiger partial charge in [-0.3, -0.25) is 25.8 Å². The molecule has 0 saturated carbocycles. The van der Waals surface area contributed by atoms with Gasteiger partial charge in [0.05, 0.1) is 4.92 Å². The highest BCUT2D eigenvalue weighted by molar-refractivity contribution is 5.95. The molecule has 3 N–H and O–H groups in total. The molecule has 2 aromatic carbocycles. The normalized spacial score (nSPS) is 11.6. The Morgan fingerprint density at radius 1 is 1.07 bits per heavy atom. The van der Waals surface area contributed by atoms with E-state index in [1.807, 2.05) is 6.92 Å². The molecule has 1 amide bonds. The molecule has 11 heteroatoms. The fraction of sp³-hybridized carbons (Fsp3) is 0.105. The van der Waals surface area contributed by atoms with E-state index in [2.05, 4.69) is 26.1 Å². The van der Waals surface area contributed by atoms with E-state index in [1.54, 1.807) is 42.5 Å². The molecule has 0 atom stereocenters. The van der Waals surface area contributed by atoms with Gasteiger partial charge in [0.2, 0.25) is 18.4 Å². The number of nitrogens with one attached hydrogen (secondary N) is 3. The second kappa shape index (κ2) is 7.91. The van der Waals surface area contributed by atoms with Gasteiger partial charge in [-0.25, -0.2) is 9.97 Å². The van der Waals surface area contributed by atoms with Gasteiger partial charge in [0.15, 0.2) is 11.5 Å². The minimum atomic E-state index is -0.643. The van der Waals surface area contributed by atoms with Crippen molar-refractivity contribution in [2.45, 2.75) is 6.92 Å². The van der Waals surface area contributed by atoms with Gasteiger partial charge in [-0.2, -0.15) is 0 Å². The number of carbonyl (C=O) groups is 1. The fourth-order valence-electron chi connectivity index (χ4n) is 2.74. The zero-order valence-corrected chi connectivity index (χ0v) is 15.7. The van der Waals surface area contributed by atoms with Crippen LogP contribution in [0.1, 0.15) is 15.9 Å². The van der Waals surface area contributed by atoms with Crippen LogP contribution in [0.25, 0.3) is 0 Å². The number of aryl methyl sites for hydroxylation is 1. The number of nitro groups is 1. The number of aromatic nitrogens is 2. The Bertz CT molecular complexity index is 1120. The van der Waals surface area contributed by atoms with Crippen LogP contribution in [0.3, 0.4) is 0 Å². The summed E-state index contributed by atoms with van der Waals surface area (Å²) in [7, 11) is 0. The molecule has 3 aromatic rings. The maximum absolute atomic E-state index is 12.3. The fourth-order valence-corrected chi connectivity index (χ4v) is 2.74. The van der Waals surface area contributed by atoms with Crippen molar-refractivity contribution < 1.29 is 19.2 Å². The number of anilines is 3. The minimum absolute atomic E-state index is 0.0547. The largest absolute Gasteiger partial charge is 0.454 e. The maximum atomic E-state index is 12.3. The molecule has 0 spiro atoms. The van der Waals surface area contributed by atoms with Crippen LogP contribution in [0.2, 0.25) is 0 Å². The minimum Gasteiger partial charge on any atom is -0.454 e. The number of nitrogens with zero attached hydrogens (tertiary/aromatic N) is 3. The molecular formula is C19H16N6O5. The molecule has 0 radical (unpaired) electrons. The SMILES string of the molecule is Cc1ccc(C(=O)NNc2ncnc(Nc3ccc4c(c3)OCO4)c2[N+](=O)[O-])cc1. The second-order valence-corrected chi connectivity index (χ2v) is 6.31. The lowest BCUT2D eigenvalue weighted by Crippen LogP contribution is -2.30. The van der Waals surface area contributed by atoms with Crippen molar-refractivity contribution in [3.05, 3.63) is 70.0 Å². The van der Waals surface area contributed by atoms with Crippen LogP contribution in [-0.2, 0) is 0 Å². The number of fused-ring (bicyclic) bond motifs is 1. The van der Waals surface area contributed by atoms with E-state index >= 15 is 0 Å². The van der Waals surface area contributed by atoms with E-state index in [4.69, 9.17) is 9.47 Å². The van der Waals surface area contributed by atoms with Crippen molar-refractivity contribution >= 4 is 28.9 Å². The molecular weight excluding hydrogens is 392 g/mol. The summed E-state index contributed by atoms with van der Waals surface area (Å²) in [5, 5.41) is 14.5. The summed E-state index contributed by atoms with van der Waals surface area (Å²) < 4.78 is 10.6. The molecule has 0 unspecified atom stereocenters. The first-order valence-corrected chi connectivity index (χ1v) is 8.80. The summed E-state index contributed by atoms with van der Waals surface area (Å²) in [6.45, 7) is 2.01. The van der Waals surface area contributed by atoms with Crippen molar-refractivity contribution in [2.75, 3.05) is 17.5 Å². The Morgan fingerprint density at radius 2 is 1.80 bits per heavy atom. The van der Waals surface area contributed by atoms with Crippen LogP contribution in [0.5, 0.6) is 11.5 Å². The Morgan fingerprint density at radius 3 is 2.57 bits per heavy atom. The van der Waals surface area contributed by atoms with Gasteiger partial charge >= 0.3 is 5.69 Å². The summed E-state index contributed by atoms with van der Waals surface area (Å²) in [6.07, 6.45) is 1.14. The first kappa shape index (κ1) is 18.9. The molecule has 0 aliphatic carbocycles. The third kappa shape index (κ3) is 3.90. The molecule has 11 nitrogen and oxygen atoms in total. The van der Waals surface area contributed by atoms with Gasteiger partial charge in [0.25, 0.3) is 5.91 Å². The topological polar surface area (TPSA) is 141 Å². The molecule has 1 aliphatic rings. The number of hydrazine groups is 1. The Kier molecular flexibility index (Phi) is 4.99. The number of amides is 1. The third-order valence-corrected chi connectivity index (χ3v) is 4.25. The number of hydrogen-bond acceptors (Lipinski definition) is 9. The van der Waals surface area contributed by atoms with Crippen molar-refractivity contribution in [1.82, 2.24) is 15.4 Å². The highest BCUT2D eigenvalue weighted by Crippen LogP contribution is 2.36. The van der Waals surface area contributed by atoms with E-state index in [9.17, 15) is 14.9 Å². The number of hydrogen-bond donors (Lipinski definition) is 3. The van der Waals surface area contributed by atoms with Crippen LogP contribution in [-0.4, -0.2) is 27.6 Å². The number of carbonyl (C=O) groups excluding carboxylic acids is 1. The summed E-state index contributed by atoms with van der Waals surface area (Å²) >= 11 is 0. The molecule has 4 rings (SSSR count). The van der Waals surface area contributed by atoms with Crippen molar-refractivity contribution in [3.63, 3.8) is 0 Å². The van der Waals surface area contributed by atoms with Crippen molar-refractivity contribution in [2.24, 2.45) is 0 Å². The monoisotopic (exact) mass is 408 g/mol. The van der Waals surface area contributed by atoms with Crippen molar-refractivity contribution in [3.8, 4) is 11.5 Å². The second-order valence-electron chi connectivity index (χ2n) is 6.31. The van der Waals surface area contributed by atoms with E-state index in [-0.39, 0.29) is 18.4 Å². The molecule has 0 saturated heterocycles. The van der Waals surface area contributed by atoms with Crippen molar-refractivity contribution in [1.29, 1.82) is 0 Å². The first-order valence-electron chi connectivity index (χ1n) is 8.80. The highest BCUT2D eigenvalue weighted by Gasteiger charge is 2.24. The summed E-state index contributed by atoms with van der Waals surface area (Å²) in [6, 6.07) is 11.9. The van der Waals surface area contributed by atoms with Gasteiger partial charge < -0.3 is 14.8 Å². The zero-order valence-electron chi connectivity index (χ0n) is 15.7. The average Bonchev–Trinajstić information content (AvgIpc) is 3.20. The van der Waals surface area contributed by atoms with Gasteiger partial charge in [0, 0.05) is 17.3 Å². The van der Waals surface area contributed by atoms with Crippen LogP contribution in [0, 0.1) is 17.0 Å². The predicted octanol–water partition coefficient (Wildman–Crippen LogP) is 2.92. The highest BCUT2D eigenvalue weighted by atomic mass is 16.7. The molecule has 0 fully saturated rings. The molecule has 2 heterocycles. The Hall–Kier alpha value is -4.41. The molecule has 1 aliphatic heterocycles. The summed E-state index contributed by atoms with van der Waals surface area (Å²) in [5.74, 6) is 0.409. The van der Waals surface area contributed by atoms with E-state index < -0.39 is 16.5 Å². The quantitative estimate of drug-likeness (QED) is 0.415. The molecule has 152 valence electrons. The molecule has 30 heavy (non-hydrogen) atoms. The summed E-state index contributed by atoms with van der Waals surface area (Å²) in [4.78, 5) is 31.1. The maximum Gasteiger partial charge on any atom is 0.355 e. The first-order chi connectivity index (χ1) is 14.5. The lowest BCUT2D eigenvalue weighted by Gasteiger charge is -2.11. The van der Waals surface area contributed by atoms with E-state index in [0.717, 1.165) is 11.9 Å². The van der Waals surface area contributed by atoms with E-state index in [0.29, 0.717) is 22.7 Å². The number of ether oxygens (including phenoxy) is 2. The van der Waals surface area contributed by atoms with Gasteiger partial charge in [0.1, 0.15) is 6.33 Å². The number of benzene rings is 2. The van der Waals surface area contributed by atoms with Gasteiger partial charge in [-0.1, -0.05) is 17.7 Å². The lowest BCUT2D eigenvalue weighted by molar-refractivity contribution is -0.383. The molecule has 1 aromatic heterocycles. The lowest BCUT2D eigenvalue weighted by atomic mass is 10.1. The zero-order chi connectivity index (χ0) is 21.1. The average molecular weight is 408 g/mol. The Balaban J connectivity index is 1.54. The standard InChI is InChI=1S/C19H16N6O5/c1-11-2-4-12(5-3-11)19(26)24-23-18-16(25(27)28)17(20-9-21-18)22-13-6-7-14-15(8-13)30-10-29-14/h2-9H,10H2,1H3,(H,24,26)(H2,20,21,22,23).